The number of piperidine rings is 1. The number of amides is 1. The highest BCUT2D eigenvalue weighted by Crippen LogP contribution is 2.19. The third kappa shape index (κ3) is 3.35. The molecule has 0 atom stereocenters. The quantitative estimate of drug-likeness (QED) is 0.908. The molecule has 0 aromatic heterocycles. The SMILES string of the molecule is CC(C)c1ccc(C(=O)N2CCC(CN)CC2)cc1. The molecule has 1 amide bonds. The van der Waals surface area contributed by atoms with Gasteiger partial charge in [0.15, 0.2) is 0 Å². The smallest absolute Gasteiger partial charge is 0.253 e. The van der Waals surface area contributed by atoms with Gasteiger partial charge in [-0.2, -0.15) is 0 Å². The molecular formula is C16H24N2O. The van der Waals surface area contributed by atoms with E-state index < -0.39 is 0 Å². The molecule has 1 saturated heterocycles. The number of nitrogens with two attached hydrogens (primary N) is 1. The van der Waals surface area contributed by atoms with Crippen LogP contribution in [0, 0.1) is 5.92 Å². The van der Waals surface area contributed by atoms with Crippen molar-refractivity contribution in [2.45, 2.75) is 32.6 Å². The van der Waals surface area contributed by atoms with E-state index in [9.17, 15) is 4.79 Å². The summed E-state index contributed by atoms with van der Waals surface area (Å²) in [7, 11) is 0. The highest BCUT2D eigenvalue weighted by molar-refractivity contribution is 5.94. The highest BCUT2D eigenvalue weighted by Gasteiger charge is 2.22. The number of hydrogen-bond acceptors (Lipinski definition) is 2. The monoisotopic (exact) mass is 260 g/mol. The Kier molecular flexibility index (Phi) is 4.59. The molecule has 2 rings (SSSR count). The van der Waals surface area contributed by atoms with Crippen LogP contribution in [0.15, 0.2) is 24.3 Å². The molecule has 1 aromatic rings. The molecule has 1 heterocycles. The Morgan fingerprint density at radius 1 is 1.26 bits per heavy atom. The van der Waals surface area contributed by atoms with Crippen molar-refractivity contribution in [2.24, 2.45) is 11.7 Å². The van der Waals surface area contributed by atoms with Gasteiger partial charge in [0, 0.05) is 18.7 Å². The first-order valence-corrected chi connectivity index (χ1v) is 7.21. The van der Waals surface area contributed by atoms with Crippen LogP contribution in [0.25, 0.3) is 0 Å². The minimum absolute atomic E-state index is 0.158. The average Bonchev–Trinajstić information content (AvgIpc) is 2.46. The number of likely N-dealkylation sites (tertiary alicyclic amines) is 1. The third-order valence-electron chi connectivity index (χ3n) is 4.06. The summed E-state index contributed by atoms with van der Waals surface area (Å²) in [6.45, 7) is 6.74. The van der Waals surface area contributed by atoms with Crippen LogP contribution in [0.1, 0.15) is 48.5 Å². The first-order chi connectivity index (χ1) is 9.11. The second-order valence-electron chi connectivity index (χ2n) is 5.75. The molecule has 2 N–H and O–H groups in total. The van der Waals surface area contributed by atoms with Crippen LogP contribution in [0.3, 0.4) is 0 Å². The largest absolute Gasteiger partial charge is 0.339 e. The molecule has 0 radical (unpaired) electrons. The molecule has 1 aromatic carbocycles. The van der Waals surface area contributed by atoms with Crippen molar-refractivity contribution < 1.29 is 4.79 Å². The predicted molar refractivity (Wildman–Crippen MR) is 78.2 cm³/mol. The van der Waals surface area contributed by atoms with Crippen molar-refractivity contribution in [1.82, 2.24) is 4.90 Å². The Labute approximate surface area is 115 Å². The van der Waals surface area contributed by atoms with Crippen LogP contribution in [0.5, 0.6) is 0 Å². The summed E-state index contributed by atoms with van der Waals surface area (Å²) >= 11 is 0. The van der Waals surface area contributed by atoms with Crippen molar-refractivity contribution in [3.63, 3.8) is 0 Å². The minimum atomic E-state index is 0.158. The second kappa shape index (κ2) is 6.20. The molecule has 0 unspecified atom stereocenters. The zero-order chi connectivity index (χ0) is 13.8. The average molecular weight is 260 g/mol. The molecule has 3 heteroatoms. The Morgan fingerprint density at radius 2 is 1.84 bits per heavy atom. The zero-order valence-corrected chi connectivity index (χ0v) is 11.9. The van der Waals surface area contributed by atoms with Crippen molar-refractivity contribution in [3.8, 4) is 0 Å². The first-order valence-electron chi connectivity index (χ1n) is 7.21. The fourth-order valence-corrected chi connectivity index (χ4v) is 2.56. The van der Waals surface area contributed by atoms with E-state index in [-0.39, 0.29) is 5.91 Å². The van der Waals surface area contributed by atoms with Gasteiger partial charge in [-0.05, 0) is 48.9 Å². The van der Waals surface area contributed by atoms with E-state index >= 15 is 0 Å². The van der Waals surface area contributed by atoms with Crippen LogP contribution >= 0.6 is 0 Å². The van der Waals surface area contributed by atoms with Crippen molar-refractivity contribution in [3.05, 3.63) is 35.4 Å². The van der Waals surface area contributed by atoms with Gasteiger partial charge >= 0.3 is 0 Å². The fraction of sp³-hybridized carbons (Fsp3) is 0.562. The number of carbonyl (C=O) groups is 1. The standard InChI is InChI=1S/C16H24N2O/c1-12(2)14-3-5-15(6-4-14)16(19)18-9-7-13(11-17)8-10-18/h3-6,12-13H,7-11,17H2,1-2H3. The number of hydrogen-bond donors (Lipinski definition) is 1. The molecule has 1 aliphatic rings. The molecule has 0 bridgehead atoms. The lowest BCUT2D eigenvalue weighted by atomic mass is 9.96. The topological polar surface area (TPSA) is 46.3 Å². The van der Waals surface area contributed by atoms with E-state index in [4.69, 9.17) is 5.73 Å². The van der Waals surface area contributed by atoms with Gasteiger partial charge in [0.05, 0.1) is 0 Å². The van der Waals surface area contributed by atoms with Gasteiger partial charge in [-0.15, -0.1) is 0 Å². The second-order valence-corrected chi connectivity index (χ2v) is 5.75. The Hall–Kier alpha value is -1.35. The minimum Gasteiger partial charge on any atom is -0.339 e. The van der Waals surface area contributed by atoms with Crippen LogP contribution in [-0.2, 0) is 0 Å². The molecule has 1 fully saturated rings. The number of nitrogens with zero attached hydrogens (tertiary/aromatic N) is 1. The molecule has 0 aliphatic carbocycles. The van der Waals surface area contributed by atoms with Gasteiger partial charge < -0.3 is 10.6 Å². The molecular weight excluding hydrogens is 236 g/mol. The Morgan fingerprint density at radius 3 is 2.32 bits per heavy atom. The molecule has 104 valence electrons. The maximum atomic E-state index is 12.4. The highest BCUT2D eigenvalue weighted by atomic mass is 16.2. The van der Waals surface area contributed by atoms with Crippen molar-refractivity contribution in [1.29, 1.82) is 0 Å². The lowest BCUT2D eigenvalue weighted by Gasteiger charge is -2.31. The number of rotatable bonds is 3. The van der Waals surface area contributed by atoms with Crippen LogP contribution in [0.4, 0.5) is 0 Å². The van der Waals surface area contributed by atoms with Gasteiger partial charge in [-0.25, -0.2) is 0 Å². The lowest BCUT2D eigenvalue weighted by molar-refractivity contribution is 0.0693. The van der Waals surface area contributed by atoms with E-state index in [2.05, 4.69) is 26.0 Å². The molecule has 0 spiro atoms. The molecule has 0 saturated carbocycles. The normalized spacial score (nSPS) is 16.9. The van der Waals surface area contributed by atoms with Gasteiger partial charge in [-0.3, -0.25) is 4.79 Å². The summed E-state index contributed by atoms with van der Waals surface area (Å²) < 4.78 is 0. The zero-order valence-electron chi connectivity index (χ0n) is 11.9. The molecule has 19 heavy (non-hydrogen) atoms. The first kappa shape index (κ1) is 14.1. The van der Waals surface area contributed by atoms with E-state index in [1.165, 1.54) is 5.56 Å². The van der Waals surface area contributed by atoms with Crippen molar-refractivity contribution in [2.75, 3.05) is 19.6 Å². The summed E-state index contributed by atoms with van der Waals surface area (Å²) in [6.07, 6.45) is 2.07. The van der Waals surface area contributed by atoms with Gasteiger partial charge in [-0.1, -0.05) is 26.0 Å². The van der Waals surface area contributed by atoms with Crippen LogP contribution in [-0.4, -0.2) is 30.4 Å². The van der Waals surface area contributed by atoms with Crippen LogP contribution < -0.4 is 5.73 Å². The van der Waals surface area contributed by atoms with Crippen molar-refractivity contribution >= 4 is 5.91 Å². The third-order valence-corrected chi connectivity index (χ3v) is 4.06. The van der Waals surface area contributed by atoms with Crippen LogP contribution in [0.2, 0.25) is 0 Å². The van der Waals surface area contributed by atoms with E-state index in [0.717, 1.165) is 38.0 Å². The maximum absolute atomic E-state index is 12.4. The number of carbonyl (C=O) groups excluding carboxylic acids is 1. The summed E-state index contributed by atoms with van der Waals surface area (Å²) in [5.41, 5.74) is 7.76. The lowest BCUT2D eigenvalue weighted by Crippen LogP contribution is -2.40. The summed E-state index contributed by atoms with van der Waals surface area (Å²) in [5.74, 6) is 1.25. The maximum Gasteiger partial charge on any atom is 0.253 e. The molecule has 1 aliphatic heterocycles. The molecule has 3 nitrogen and oxygen atoms in total. The van der Waals surface area contributed by atoms with E-state index in [0.29, 0.717) is 11.8 Å². The Bertz CT molecular complexity index is 417. The predicted octanol–water partition coefficient (Wildman–Crippen LogP) is 2.62. The fourth-order valence-electron chi connectivity index (χ4n) is 2.56. The van der Waals surface area contributed by atoms with E-state index in [1.807, 2.05) is 17.0 Å². The van der Waals surface area contributed by atoms with Gasteiger partial charge in [0.1, 0.15) is 0 Å². The number of benzene rings is 1. The van der Waals surface area contributed by atoms with Gasteiger partial charge in [0.25, 0.3) is 5.91 Å². The van der Waals surface area contributed by atoms with Gasteiger partial charge in [0.2, 0.25) is 0 Å². The summed E-state index contributed by atoms with van der Waals surface area (Å²) in [5, 5.41) is 0. The summed E-state index contributed by atoms with van der Waals surface area (Å²) in [6, 6.07) is 8.02. The Balaban J connectivity index is 2.00. The summed E-state index contributed by atoms with van der Waals surface area (Å²) in [4.78, 5) is 14.3. The van der Waals surface area contributed by atoms with E-state index in [1.54, 1.807) is 0 Å².